The van der Waals surface area contributed by atoms with E-state index in [0.29, 0.717) is 35.5 Å². The lowest BCUT2D eigenvalue weighted by Crippen LogP contribution is -2.56. The molecule has 7 nitrogen and oxygen atoms in total. The number of hydrogen-bond acceptors (Lipinski definition) is 6. The van der Waals surface area contributed by atoms with Gasteiger partial charge in [-0.05, 0) is 80.4 Å². The van der Waals surface area contributed by atoms with Crippen molar-refractivity contribution in [3.63, 3.8) is 0 Å². The van der Waals surface area contributed by atoms with Crippen molar-refractivity contribution in [2.24, 2.45) is 17.8 Å². The largest absolute Gasteiger partial charge is 0.508 e. The number of carbonyl (C=O) groups is 1. The number of benzene rings is 1. The highest BCUT2D eigenvalue weighted by Crippen LogP contribution is 2.44. The fourth-order valence-corrected chi connectivity index (χ4v) is 6.04. The molecule has 2 heterocycles. The number of aliphatic hydroxyl groups excluding tert-OH is 2. The molecule has 2 aliphatic heterocycles. The topological polar surface area (TPSA) is 116 Å². The molecular weight excluding hydrogens is 520 g/mol. The van der Waals surface area contributed by atoms with E-state index < -0.39 is 24.0 Å². The van der Waals surface area contributed by atoms with Gasteiger partial charge in [-0.2, -0.15) is 0 Å². The summed E-state index contributed by atoms with van der Waals surface area (Å²) in [6, 6.07) is 2.95. The Bertz CT molecular complexity index is 1150. The van der Waals surface area contributed by atoms with Crippen molar-refractivity contribution < 1.29 is 34.7 Å². The predicted molar refractivity (Wildman–Crippen MR) is 162 cm³/mol. The molecule has 2 fully saturated rings. The number of allylic oxidation sites excluding steroid dienone is 3. The molecule has 1 aromatic rings. The van der Waals surface area contributed by atoms with Gasteiger partial charge in [-0.3, -0.25) is 0 Å². The summed E-state index contributed by atoms with van der Waals surface area (Å²) < 4.78 is 13.1. The van der Waals surface area contributed by atoms with Crippen LogP contribution in [0.5, 0.6) is 5.75 Å². The second kappa shape index (κ2) is 14.1. The first-order valence-electron chi connectivity index (χ1n) is 15.1. The minimum atomic E-state index is -1.05. The number of aliphatic hydroxyl groups is 2. The number of ether oxygens (including phenoxy) is 2. The number of rotatable bonds is 10. The molecule has 0 saturated carbocycles. The minimum absolute atomic E-state index is 0.0284. The zero-order valence-electron chi connectivity index (χ0n) is 25.8. The highest BCUT2D eigenvalue weighted by Gasteiger charge is 2.49. The van der Waals surface area contributed by atoms with E-state index in [1.165, 1.54) is 12.1 Å². The summed E-state index contributed by atoms with van der Waals surface area (Å²) in [6.45, 7) is 13.7. The Morgan fingerprint density at radius 1 is 1.20 bits per heavy atom. The van der Waals surface area contributed by atoms with Crippen LogP contribution in [0.2, 0.25) is 0 Å². The van der Waals surface area contributed by atoms with E-state index in [4.69, 9.17) is 9.47 Å². The first kappa shape index (κ1) is 33.1. The summed E-state index contributed by atoms with van der Waals surface area (Å²) in [5.74, 6) is -1.49. The summed E-state index contributed by atoms with van der Waals surface area (Å²) in [4.78, 5) is 11.7. The first-order valence-corrected chi connectivity index (χ1v) is 15.1. The average Bonchev–Trinajstić information content (AvgIpc) is 2.93. The third-order valence-electron chi connectivity index (χ3n) is 9.09. The van der Waals surface area contributed by atoms with Crippen LogP contribution in [-0.4, -0.2) is 56.6 Å². The summed E-state index contributed by atoms with van der Waals surface area (Å²) in [6.07, 6.45) is 11.2. The number of carboxylic acid groups (broad SMARTS) is 1. The standard InChI is InChI=1S/C34H50O7/c1-8-20(2)32-25(7)30(36)19-34(41-32)16-10-13-26(40-34)15-14-23(5)31(37)22(4)12-9-11-21(3)27-18-29(35)24(6)17-28(27)33(38)39/h9,11-12,14,17-18,20,22,25-26,30-32,35-37H,8,10,13,15-16,19H2,1-7H3,(H,38,39)/b12-9+,21-11+,23-14+/t20-,22-,25-,26-,30-,31-,32+,34-/m0/s1. The van der Waals surface area contributed by atoms with Gasteiger partial charge in [0.1, 0.15) is 5.75 Å². The fourth-order valence-electron chi connectivity index (χ4n) is 6.04. The summed E-state index contributed by atoms with van der Waals surface area (Å²) >= 11 is 0. The van der Waals surface area contributed by atoms with Gasteiger partial charge in [0.25, 0.3) is 0 Å². The summed E-state index contributed by atoms with van der Waals surface area (Å²) in [5, 5.41) is 41.4. The number of phenols is 1. The minimum Gasteiger partial charge on any atom is -0.508 e. The van der Waals surface area contributed by atoms with E-state index in [2.05, 4.69) is 20.8 Å². The van der Waals surface area contributed by atoms with Crippen LogP contribution in [0.25, 0.3) is 5.57 Å². The molecule has 228 valence electrons. The molecule has 0 radical (unpaired) electrons. The molecule has 3 rings (SSSR count). The SMILES string of the molecule is CC[C@H](C)[C@H]1O[C@@]2(CCC[C@@H](C/C=C(\C)[C@@H](O)[C@@H](C)/C=C/C=C(\C)c3cc(O)c(C)cc3C(=O)O)O2)C[C@H](O)[C@@H]1C. The van der Waals surface area contributed by atoms with Crippen LogP contribution in [-0.2, 0) is 9.47 Å². The van der Waals surface area contributed by atoms with Crippen molar-refractivity contribution in [2.75, 3.05) is 0 Å². The van der Waals surface area contributed by atoms with Gasteiger partial charge < -0.3 is 29.9 Å². The van der Waals surface area contributed by atoms with E-state index in [9.17, 15) is 25.2 Å². The van der Waals surface area contributed by atoms with Gasteiger partial charge in [0.2, 0.25) is 0 Å². The molecule has 0 aliphatic carbocycles. The lowest BCUT2D eigenvalue weighted by Gasteiger charge is -2.51. The highest BCUT2D eigenvalue weighted by atomic mass is 16.7. The lowest BCUT2D eigenvalue weighted by atomic mass is 9.80. The molecule has 0 unspecified atom stereocenters. The summed E-state index contributed by atoms with van der Waals surface area (Å²) in [7, 11) is 0. The Morgan fingerprint density at radius 2 is 1.90 bits per heavy atom. The van der Waals surface area contributed by atoms with Gasteiger partial charge in [-0.1, -0.05) is 58.4 Å². The zero-order chi connectivity index (χ0) is 30.5. The van der Waals surface area contributed by atoms with E-state index >= 15 is 0 Å². The number of aromatic carboxylic acids is 1. The normalized spacial score (nSPS) is 30.0. The fraction of sp³-hybridized carbons (Fsp3) is 0.618. The number of phenolic OH excluding ortho intramolecular Hbond substituents is 1. The Balaban J connectivity index is 1.63. The van der Waals surface area contributed by atoms with Crippen LogP contribution >= 0.6 is 0 Å². The molecule has 1 aromatic carbocycles. The Kier molecular flexibility index (Phi) is 11.4. The summed E-state index contributed by atoms with van der Waals surface area (Å²) in [5.41, 5.74) is 2.67. The van der Waals surface area contributed by atoms with Gasteiger partial charge in [0.15, 0.2) is 5.79 Å². The molecule has 0 aromatic heterocycles. The van der Waals surface area contributed by atoms with Gasteiger partial charge in [0, 0.05) is 24.7 Å². The lowest BCUT2D eigenvalue weighted by molar-refractivity contribution is -0.343. The first-order chi connectivity index (χ1) is 19.3. The van der Waals surface area contributed by atoms with Crippen LogP contribution in [0, 0.1) is 24.7 Å². The maximum absolute atomic E-state index is 11.7. The number of aromatic hydroxyl groups is 1. The van der Waals surface area contributed by atoms with Crippen LogP contribution in [0.1, 0.15) is 102 Å². The Hall–Kier alpha value is -2.45. The number of aryl methyl sites for hydroxylation is 1. The Labute approximate surface area is 245 Å². The van der Waals surface area contributed by atoms with Crippen LogP contribution in [0.3, 0.4) is 0 Å². The van der Waals surface area contributed by atoms with Crippen molar-refractivity contribution in [1.29, 1.82) is 0 Å². The molecule has 8 atom stereocenters. The van der Waals surface area contributed by atoms with E-state index in [1.54, 1.807) is 19.9 Å². The van der Waals surface area contributed by atoms with E-state index in [1.807, 2.05) is 32.1 Å². The second-order valence-electron chi connectivity index (χ2n) is 12.4. The number of carboxylic acids is 1. The van der Waals surface area contributed by atoms with Crippen LogP contribution in [0.4, 0.5) is 0 Å². The smallest absolute Gasteiger partial charge is 0.336 e. The molecule has 4 N–H and O–H groups in total. The molecule has 7 heteroatoms. The van der Waals surface area contributed by atoms with Gasteiger partial charge in [-0.15, -0.1) is 0 Å². The van der Waals surface area contributed by atoms with Crippen LogP contribution < -0.4 is 0 Å². The van der Waals surface area contributed by atoms with Gasteiger partial charge in [-0.25, -0.2) is 4.79 Å². The van der Waals surface area contributed by atoms with Gasteiger partial charge >= 0.3 is 5.97 Å². The number of hydrogen-bond donors (Lipinski definition) is 4. The van der Waals surface area contributed by atoms with E-state index in [-0.39, 0.29) is 35.4 Å². The zero-order valence-corrected chi connectivity index (χ0v) is 25.8. The molecule has 2 saturated heterocycles. The van der Waals surface area contributed by atoms with E-state index in [0.717, 1.165) is 31.3 Å². The van der Waals surface area contributed by atoms with Crippen molar-refractivity contribution in [1.82, 2.24) is 0 Å². The van der Waals surface area contributed by atoms with Gasteiger partial charge in [0.05, 0.1) is 30.0 Å². The molecule has 0 bridgehead atoms. The quantitative estimate of drug-likeness (QED) is 0.181. The highest BCUT2D eigenvalue weighted by molar-refractivity contribution is 5.94. The molecule has 0 amide bonds. The molecule has 2 aliphatic rings. The van der Waals surface area contributed by atoms with Crippen LogP contribution in [0.15, 0.2) is 42.0 Å². The van der Waals surface area contributed by atoms with Crippen molar-refractivity contribution in [2.45, 2.75) is 117 Å². The monoisotopic (exact) mass is 570 g/mol. The maximum atomic E-state index is 11.7. The second-order valence-corrected chi connectivity index (χ2v) is 12.4. The van der Waals surface area contributed by atoms with Crippen molar-refractivity contribution >= 4 is 11.5 Å². The molecule has 41 heavy (non-hydrogen) atoms. The van der Waals surface area contributed by atoms with Crippen molar-refractivity contribution in [3.05, 3.63) is 58.7 Å². The predicted octanol–water partition coefficient (Wildman–Crippen LogP) is 6.79. The Morgan fingerprint density at radius 3 is 2.56 bits per heavy atom. The van der Waals surface area contributed by atoms with Crippen molar-refractivity contribution in [3.8, 4) is 5.75 Å². The molecular formula is C34H50O7. The third-order valence-corrected chi connectivity index (χ3v) is 9.09. The molecule has 1 spiro atoms. The average molecular weight is 571 g/mol. The maximum Gasteiger partial charge on any atom is 0.336 e. The third kappa shape index (κ3) is 8.10.